The van der Waals surface area contributed by atoms with Crippen molar-refractivity contribution in [3.05, 3.63) is 42.1 Å². The van der Waals surface area contributed by atoms with Crippen molar-refractivity contribution in [3.8, 4) is 5.69 Å². The van der Waals surface area contributed by atoms with Crippen molar-refractivity contribution in [1.82, 2.24) is 14.7 Å². The Morgan fingerprint density at radius 2 is 1.81 bits per heavy atom. The van der Waals surface area contributed by atoms with Crippen LogP contribution in [0.2, 0.25) is 0 Å². The maximum atomic E-state index is 6.13. The zero-order valence-corrected chi connectivity index (χ0v) is 12.9. The Labute approximate surface area is 126 Å². The van der Waals surface area contributed by atoms with Crippen LogP contribution in [0.5, 0.6) is 0 Å². The standard InChI is InChI=1S/C17H24N4/c1-13-7-6-8-14(2)20(13)12-15-11-17(18)21(19-15)16-9-4-3-5-10-16/h3-5,9-11,13-14H,6-8,12,18H2,1-2H3. The lowest BCUT2D eigenvalue weighted by molar-refractivity contribution is 0.0937. The summed E-state index contributed by atoms with van der Waals surface area (Å²) in [5.41, 5.74) is 8.20. The number of piperidine rings is 1. The molecule has 1 aromatic heterocycles. The first-order valence-electron chi connectivity index (χ1n) is 7.80. The third-order valence-electron chi connectivity index (χ3n) is 4.51. The molecular formula is C17H24N4. The molecule has 112 valence electrons. The Balaban J connectivity index is 1.81. The lowest BCUT2D eigenvalue weighted by Crippen LogP contribution is -2.43. The quantitative estimate of drug-likeness (QED) is 0.941. The van der Waals surface area contributed by atoms with Crippen molar-refractivity contribution in [2.75, 3.05) is 5.73 Å². The molecule has 0 radical (unpaired) electrons. The molecule has 2 aromatic rings. The highest BCUT2D eigenvalue weighted by Crippen LogP contribution is 2.25. The van der Waals surface area contributed by atoms with Crippen LogP contribution in [0.4, 0.5) is 5.82 Å². The first kappa shape index (κ1) is 14.1. The number of nitrogens with two attached hydrogens (primary N) is 1. The van der Waals surface area contributed by atoms with Crippen molar-refractivity contribution in [1.29, 1.82) is 0 Å². The third-order valence-corrected chi connectivity index (χ3v) is 4.51. The Bertz CT molecular complexity index is 580. The molecule has 4 heteroatoms. The smallest absolute Gasteiger partial charge is 0.127 e. The predicted molar refractivity (Wildman–Crippen MR) is 86.3 cm³/mol. The lowest BCUT2D eigenvalue weighted by Gasteiger charge is -2.38. The van der Waals surface area contributed by atoms with Gasteiger partial charge in [0, 0.05) is 24.7 Å². The van der Waals surface area contributed by atoms with Gasteiger partial charge in [0.05, 0.1) is 11.4 Å². The fourth-order valence-electron chi connectivity index (χ4n) is 3.27. The van der Waals surface area contributed by atoms with Crippen LogP contribution in [0, 0.1) is 0 Å². The lowest BCUT2D eigenvalue weighted by atomic mass is 9.97. The molecule has 0 bridgehead atoms. The highest BCUT2D eigenvalue weighted by atomic mass is 15.3. The normalized spacial score (nSPS) is 23.3. The summed E-state index contributed by atoms with van der Waals surface area (Å²) >= 11 is 0. The average Bonchev–Trinajstić information content (AvgIpc) is 2.85. The zero-order chi connectivity index (χ0) is 14.8. The van der Waals surface area contributed by atoms with E-state index in [2.05, 4.69) is 18.7 Å². The number of anilines is 1. The summed E-state index contributed by atoms with van der Waals surface area (Å²) in [7, 11) is 0. The largest absolute Gasteiger partial charge is 0.384 e. The molecule has 21 heavy (non-hydrogen) atoms. The van der Waals surface area contributed by atoms with E-state index in [0.717, 1.165) is 17.9 Å². The molecule has 4 nitrogen and oxygen atoms in total. The first-order chi connectivity index (χ1) is 10.1. The van der Waals surface area contributed by atoms with Crippen LogP contribution >= 0.6 is 0 Å². The van der Waals surface area contributed by atoms with E-state index < -0.39 is 0 Å². The molecule has 0 aliphatic carbocycles. The Morgan fingerprint density at radius 3 is 2.48 bits per heavy atom. The van der Waals surface area contributed by atoms with E-state index in [-0.39, 0.29) is 0 Å². The number of rotatable bonds is 3. The van der Waals surface area contributed by atoms with Crippen molar-refractivity contribution < 1.29 is 0 Å². The van der Waals surface area contributed by atoms with Crippen molar-refractivity contribution in [2.24, 2.45) is 0 Å². The van der Waals surface area contributed by atoms with E-state index in [1.807, 2.05) is 41.1 Å². The molecule has 3 rings (SSSR count). The Hall–Kier alpha value is -1.81. The molecule has 2 heterocycles. The van der Waals surface area contributed by atoms with E-state index >= 15 is 0 Å². The minimum Gasteiger partial charge on any atom is -0.384 e. The van der Waals surface area contributed by atoms with Gasteiger partial charge in [-0.15, -0.1) is 0 Å². The number of hydrogen-bond donors (Lipinski definition) is 1. The van der Waals surface area contributed by atoms with Gasteiger partial charge in [-0.3, -0.25) is 4.90 Å². The number of para-hydroxylation sites is 1. The number of aromatic nitrogens is 2. The van der Waals surface area contributed by atoms with Gasteiger partial charge >= 0.3 is 0 Å². The van der Waals surface area contributed by atoms with Crippen molar-refractivity contribution >= 4 is 5.82 Å². The van der Waals surface area contributed by atoms with Crippen LogP contribution in [0.25, 0.3) is 5.69 Å². The molecule has 0 saturated carbocycles. The van der Waals surface area contributed by atoms with E-state index in [4.69, 9.17) is 10.8 Å². The third kappa shape index (κ3) is 2.95. The second-order valence-corrected chi connectivity index (χ2v) is 6.11. The molecule has 0 amide bonds. The summed E-state index contributed by atoms with van der Waals surface area (Å²) in [5.74, 6) is 0.702. The summed E-state index contributed by atoms with van der Waals surface area (Å²) < 4.78 is 1.83. The van der Waals surface area contributed by atoms with Gasteiger partial charge in [0.2, 0.25) is 0 Å². The van der Waals surface area contributed by atoms with Crippen LogP contribution in [0.1, 0.15) is 38.8 Å². The van der Waals surface area contributed by atoms with E-state index in [1.54, 1.807) is 0 Å². The van der Waals surface area contributed by atoms with Crippen LogP contribution in [0.15, 0.2) is 36.4 Å². The predicted octanol–water partition coefficient (Wildman–Crippen LogP) is 3.22. The minimum absolute atomic E-state index is 0.622. The highest BCUT2D eigenvalue weighted by molar-refractivity contribution is 5.42. The van der Waals surface area contributed by atoms with Gasteiger partial charge in [0.15, 0.2) is 0 Å². The first-order valence-corrected chi connectivity index (χ1v) is 7.80. The van der Waals surface area contributed by atoms with Crippen molar-refractivity contribution in [2.45, 2.75) is 51.7 Å². The van der Waals surface area contributed by atoms with Crippen LogP contribution in [-0.2, 0) is 6.54 Å². The zero-order valence-electron chi connectivity index (χ0n) is 12.9. The van der Waals surface area contributed by atoms with E-state index in [1.165, 1.54) is 19.3 Å². The fraction of sp³-hybridized carbons (Fsp3) is 0.471. The monoisotopic (exact) mass is 284 g/mol. The van der Waals surface area contributed by atoms with Gasteiger partial charge in [-0.25, -0.2) is 4.68 Å². The SMILES string of the molecule is CC1CCCC(C)N1Cc1cc(N)n(-c2ccccc2)n1. The van der Waals surface area contributed by atoms with Gasteiger partial charge in [0.25, 0.3) is 0 Å². The Kier molecular flexibility index (Phi) is 3.97. The molecule has 2 unspecified atom stereocenters. The Morgan fingerprint density at radius 1 is 1.14 bits per heavy atom. The number of benzene rings is 1. The van der Waals surface area contributed by atoms with Crippen LogP contribution < -0.4 is 5.73 Å². The van der Waals surface area contributed by atoms with E-state index in [0.29, 0.717) is 17.9 Å². The second-order valence-electron chi connectivity index (χ2n) is 6.11. The molecule has 2 N–H and O–H groups in total. The minimum atomic E-state index is 0.622. The van der Waals surface area contributed by atoms with Crippen molar-refractivity contribution in [3.63, 3.8) is 0 Å². The van der Waals surface area contributed by atoms with Gasteiger partial charge in [0.1, 0.15) is 5.82 Å². The molecule has 1 fully saturated rings. The van der Waals surface area contributed by atoms with Crippen LogP contribution in [-0.4, -0.2) is 26.8 Å². The fourth-order valence-corrected chi connectivity index (χ4v) is 3.27. The maximum absolute atomic E-state index is 6.13. The molecule has 0 spiro atoms. The molecule has 1 saturated heterocycles. The molecular weight excluding hydrogens is 260 g/mol. The molecule has 1 aliphatic rings. The topological polar surface area (TPSA) is 47.1 Å². The van der Waals surface area contributed by atoms with Gasteiger partial charge in [-0.1, -0.05) is 24.6 Å². The summed E-state index contributed by atoms with van der Waals surface area (Å²) in [6.07, 6.45) is 3.89. The number of nitrogens with zero attached hydrogens (tertiary/aromatic N) is 3. The summed E-state index contributed by atoms with van der Waals surface area (Å²) in [4.78, 5) is 2.54. The van der Waals surface area contributed by atoms with Gasteiger partial charge in [-0.2, -0.15) is 5.10 Å². The summed E-state index contributed by atoms with van der Waals surface area (Å²) in [5, 5.41) is 4.69. The van der Waals surface area contributed by atoms with Gasteiger partial charge in [-0.05, 0) is 38.8 Å². The summed E-state index contributed by atoms with van der Waals surface area (Å²) in [6.45, 7) is 5.51. The maximum Gasteiger partial charge on any atom is 0.127 e. The second kappa shape index (κ2) is 5.90. The number of nitrogen functional groups attached to an aromatic ring is 1. The number of hydrogen-bond acceptors (Lipinski definition) is 3. The summed E-state index contributed by atoms with van der Waals surface area (Å²) in [6, 6.07) is 13.3. The molecule has 2 atom stereocenters. The number of likely N-dealkylation sites (tertiary alicyclic amines) is 1. The molecule has 1 aromatic carbocycles. The molecule has 1 aliphatic heterocycles. The highest BCUT2D eigenvalue weighted by Gasteiger charge is 2.25. The van der Waals surface area contributed by atoms with E-state index in [9.17, 15) is 0 Å². The van der Waals surface area contributed by atoms with Gasteiger partial charge < -0.3 is 5.73 Å². The average molecular weight is 284 g/mol. The van der Waals surface area contributed by atoms with Crippen LogP contribution in [0.3, 0.4) is 0 Å².